The summed E-state index contributed by atoms with van der Waals surface area (Å²) in [5.41, 5.74) is 0. The van der Waals surface area contributed by atoms with Crippen molar-refractivity contribution in [2.45, 2.75) is 20.8 Å². The Morgan fingerprint density at radius 2 is 1.33 bits per heavy atom. The Morgan fingerprint density at radius 3 is 1.50 bits per heavy atom. The minimum Gasteiger partial charge on any atom is -0.289 e. The molecule has 0 unspecified atom stereocenters. The van der Waals surface area contributed by atoms with Gasteiger partial charge in [0, 0.05) is 5.41 Å². The fourth-order valence-corrected chi connectivity index (χ4v) is 2.22. The van der Waals surface area contributed by atoms with Crippen molar-refractivity contribution in [1.82, 2.24) is 0 Å². The summed E-state index contributed by atoms with van der Waals surface area (Å²) in [4.78, 5) is 0. The van der Waals surface area contributed by atoms with Crippen molar-refractivity contribution >= 4 is 10.9 Å². The molecule has 0 saturated heterocycles. The fourth-order valence-electron chi connectivity index (χ4n) is 0.739. The molecule has 0 atom stereocenters. The maximum Gasteiger partial charge on any atom is 0.112 e. The molecule has 0 aliphatic rings. The molecule has 0 fully saturated rings. The highest BCUT2D eigenvalue weighted by Crippen LogP contribution is 2.52. The highest BCUT2D eigenvalue weighted by atomic mass is 32.3. The zero-order valence-corrected chi connectivity index (χ0v) is 8.86. The molecule has 0 aromatic carbocycles. The molecule has 0 aliphatic carbocycles. The zero-order chi connectivity index (χ0) is 9.45. The molecule has 0 spiro atoms. The van der Waals surface area contributed by atoms with E-state index in [9.17, 15) is 0 Å². The van der Waals surface area contributed by atoms with Crippen molar-refractivity contribution in [1.29, 1.82) is 0 Å². The highest BCUT2D eigenvalue weighted by molar-refractivity contribution is 8.24. The van der Waals surface area contributed by atoms with Gasteiger partial charge in [-0.15, -0.1) is 0 Å². The quantitative estimate of drug-likeness (QED) is 0.623. The van der Waals surface area contributed by atoms with Crippen molar-refractivity contribution in [3.8, 4) is 0 Å². The van der Waals surface area contributed by atoms with Crippen LogP contribution in [0.25, 0.3) is 0 Å². The Hall–Kier alpha value is -0.0300. The van der Waals surface area contributed by atoms with Crippen LogP contribution in [0.15, 0.2) is 12.0 Å². The lowest BCUT2D eigenvalue weighted by molar-refractivity contribution is 0.193. The van der Waals surface area contributed by atoms with E-state index >= 15 is 0 Å². The van der Waals surface area contributed by atoms with E-state index in [2.05, 4.69) is 6.58 Å². The predicted molar refractivity (Wildman–Crippen MR) is 52.7 cm³/mol. The van der Waals surface area contributed by atoms with Gasteiger partial charge in [-0.1, -0.05) is 6.58 Å². The second-order valence-electron chi connectivity index (χ2n) is 1.88. The van der Waals surface area contributed by atoms with Gasteiger partial charge in [-0.3, -0.25) is 12.5 Å². The normalized spacial score (nSPS) is 12.9. The summed E-state index contributed by atoms with van der Waals surface area (Å²) in [6.07, 6.45) is 0. The van der Waals surface area contributed by atoms with E-state index in [4.69, 9.17) is 12.5 Å². The molecular formula is C8H18O3S. The van der Waals surface area contributed by atoms with E-state index in [-0.39, 0.29) is 0 Å². The molecule has 4 heteroatoms. The third-order valence-corrected chi connectivity index (χ3v) is 3.15. The Kier molecular flexibility index (Phi) is 6.47. The van der Waals surface area contributed by atoms with E-state index in [1.165, 1.54) is 0 Å². The molecule has 0 aliphatic heterocycles. The largest absolute Gasteiger partial charge is 0.289 e. The van der Waals surface area contributed by atoms with Gasteiger partial charge in [0.1, 0.15) is 10.9 Å². The SMILES string of the molecule is C=CS(OCC)(OCC)OCC. The molecular weight excluding hydrogens is 176 g/mol. The van der Waals surface area contributed by atoms with E-state index in [0.717, 1.165) is 0 Å². The van der Waals surface area contributed by atoms with Crippen LogP contribution in [-0.2, 0) is 12.5 Å². The van der Waals surface area contributed by atoms with Crippen LogP contribution < -0.4 is 0 Å². The van der Waals surface area contributed by atoms with Crippen molar-refractivity contribution in [3.05, 3.63) is 12.0 Å². The molecule has 12 heavy (non-hydrogen) atoms. The van der Waals surface area contributed by atoms with Crippen molar-refractivity contribution in [2.75, 3.05) is 19.8 Å². The van der Waals surface area contributed by atoms with Gasteiger partial charge in [0.05, 0.1) is 19.8 Å². The minimum atomic E-state index is -1.92. The van der Waals surface area contributed by atoms with Gasteiger partial charge in [0.25, 0.3) is 0 Å². The molecule has 0 bridgehead atoms. The van der Waals surface area contributed by atoms with Gasteiger partial charge in [0.2, 0.25) is 0 Å². The Balaban J connectivity index is 4.16. The monoisotopic (exact) mass is 194 g/mol. The average Bonchev–Trinajstić information content (AvgIpc) is 2.06. The first-order valence-corrected chi connectivity index (χ1v) is 5.60. The van der Waals surface area contributed by atoms with Crippen LogP contribution in [-0.4, -0.2) is 19.8 Å². The van der Waals surface area contributed by atoms with Crippen molar-refractivity contribution in [2.24, 2.45) is 0 Å². The van der Waals surface area contributed by atoms with Crippen LogP contribution in [0.4, 0.5) is 0 Å². The molecule has 0 heterocycles. The molecule has 0 aromatic heterocycles. The topological polar surface area (TPSA) is 27.7 Å². The summed E-state index contributed by atoms with van der Waals surface area (Å²) in [6.45, 7) is 11.1. The van der Waals surface area contributed by atoms with E-state index in [1.807, 2.05) is 20.8 Å². The summed E-state index contributed by atoms with van der Waals surface area (Å²) in [6, 6.07) is 0. The van der Waals surface area contributed by atoms with Gasteiger partial charge in [-0.2, -0.15) is 0 Å². The van der Waals surface area contributed by atoms with Crippen LogP contribution in [0.5, 0.6) is 0 Å². The van der Waals surface area contributed by atoms with Crippen molar-refractivity contribution in [3.63, 3.8) is 0 Å². The maximum absolute atomic E-state index is 5.38. The lowest BCUT2D eigenvalue weighted by Crippen LogP contribution is -2.09. The lowest BCUT2D eigenvalue weighted by Gasteiger charge is -2.33. The first-order valence-electron chi connectivity index (χ1n) is 4.13. The van der Waals surface area contributed by atoms with Crippen LogP contribution in [0.1, 0.15) is 20.8 Å². The number of rotatable bonds is 7. The van der Waals surface area contributed by atoms with Crippen LogP contribution in [0.3, 0.4) is 0 Å². The summed E-state index contributed by atoms with van der Waals surface area (Å²) < 4.78 is 16.1. The molecule has 0 saturated carbocycles. The zero-order valence-electron chi connectivity index (χ0n) is 8.04. The summed E-state index contributed by atoms with van der Waals surface area (Å²) >= 11 is 0. The summed E-state index contributed by atoms with van der Waals surface area (Å²) in [5.74, 6) is 0. The van der Waals surface area contributed by atoms with E-state index in [0.29, 0.717) is 19.8 Å². The fraction of sp³-hybridized carbons (Fsp3) is 0.750. The van der Waals surface area contributed by atoms with Gasteiger partial charge in [-0.25, -0.2) is 0 Å². The van der Waals surface area contributed by atoms with Crippen molar-refractivity contribution < 1.29 is 12.5 Å². The Morgan fingerprint density at radius 1 is 1.00 bits per heavy atom. The Labute approximate surface area is 76.6 Å². The number of hydrogen-bond donors (Lipinski definition) is 0. The van der Waals surface area contributed by atoms with E-state index in [1.54, 1.807) is 5.41 Å². The molecule has 0 aromatic rings. The first kappa shape index (κ1) is 12.0. The smallest absolute Gasteiger partial charge is 0.112 e. The average molecular weight is 194 g/mol. The Bertz CT molecular complexity index is 110. The van der Waals surface area contributed by atoms with E-state index < -0.39 is 10.9 Å². The van der Waals surface area contributed by atoms with Gasteiger partial charge < -0.3 is 0 Å². The highest BCUT2D eigenvalue weighted by Gasteiger charge is 2.21. The second kappa shape index (κ2) is 6.48. The molecule has 0 rings (SSSR count). The third kappa shape index (κ3) is 3.58. The van der Waals surface area contributed by atoms with Crippen LogP contribution >= 0.6 is 10.9 Å². The van der Waals surface area contributed by atoms with Gasteiger partial charge >= 0.3 is 0 Å². The maximum atomic E-state index is 5.38. The standard InChI is InChI=1S/C8H18O3S/c1-5-9-12(8-4,10-6-2)11-7-3/h8H,4-7H2,1-3H3. The summed E-state index contributed by atoms with van der Waals surface area (Å²) in [5, 5.41) is 1.61. The number of hydrogen-bond acceptors (Lipinski definition) is 3. The van der Waals surface area contributed by atoms with Crippen LogP contribution in [0, 0.1) is 0 Å². The first-order chi connectivity index (χ1) is 5.74. The van der Waals surface area contributed by atoms with Gasteiger partial charge in [0.15, 0.2) is 0 Å². The molecule has 3 nitrogen and oxygen atoms in total. The molecule has 0 amide bonds. The predicted octanol–water partition coefficient (Wildman–Crippen LogP) is 2.79. The minimum absolute atomic E-state index is 0.571. The lowest BCUT2D eigenvalue weighted by atomic mass is 10.9. The molecule has 0 N–H and O–H groups in total. The summed E-state index contributed by atoms with van der Waals surface area (Å²) in [7, 11) is -1.92. The van der Waals surface area contributed by atoms with Gasteiger partial charge in [-0.05, 0) is 20.8 Å². The third-order valence-electron chi connectivity index (χ3n) is 1.05. The molecule has 74 valence electrons. The van der Waals surface area contributed by atoms with Crippen LogP contribution in [0.2, 0.25) is 0 Å². The molecule has 0 radical (unpaired) electrons. The second-order valence-corrected chi connectivity index (χ2v) is 3.91.